The molecule has 2 heterocycles. The summed E-state index contributed by atoms with van der Waals surface area (Å²) in [6.45, 7) is 5.27. The van der Waals surface area contributed by atoms with Gasteiger partial charge in [-0.15, -0.1) is 0 Å². The van der Waals surface area contributed by atoms with Gasteiger partial charge >= 0.3 is 6.03 Å². The van der Waals surface area contributed by atoms with Gasteiger partial charge in [-0.25, -0.2) is 4.79 Å². The number of hydrogen-bond acceptors (Lipinski definition) is 5. The summed E-state index contributed by atoms with van der Waals surface area (Å²) < 4.78 is 4.81. The smallest absolute Gasteiger partial charge is 0.325 e. The molecule has 1 aliphatic rings. The van der Waals surface area contributed by atoms with Crippen molar-refractivity contribution in [1.82, 2.24) is 15.4 Å². The summed E-state index contributed by atoms with van der Waals surface area (Å²) in [5.74, 6) is 0.198. The highest BCUT2D eigenvalue weighted by atomic mass is 16.5. The maximum Gasteiger partial charge on any atom is 0.325 e. The number of hydrogen-bond donors (Lipinski definition) is 2. The van der Waals surface area contributed by atoms with Crippen LogP contribution in [0.2, 0.25) is 0 Å². The van der Waals surface area contributed by atoms with Crippen LogP contribution in [-0.2, 0) is 9.59 Å². The van der Waals surface area contributed by atoms with E-state index in [1.807, 2.05) is 13.8 Å². The normalized spacial score (nSPS) is 18.3. The van der Waals surface area contributed by atoms with Gasteiger partial charge in [-0.3, -0.25) is 14.5 Å². The number of nitrogens with zero attached hydrogens (tertiary/aromatic N) is 2. The molecule has 0 bridgehead atoms. The Bertz CT molecular complexity index is 566. The van der Waals surface area contributed by atoms with Crippen LogP contribution in [-0.4, -0.2) is 40.5 Å². The van der Waals surface area contributed by atoms with Crippen molar-refractivity contribution < 1.29 is 18.9 Å². The predicted octanol–water partition coefficient (Wildman–Crippen LogP) is 0.888. The number of urea groups is 1. The molecule has 1 aliphatic heterocycles. The van der Waals surface area contributed by atoms with E-state index in [9.17, 15) is 14.4 Å². The van der Waals surface area contributed by atoms with Crippen molar-refractivity contribution in [2.24, 2.45) is 5.92 Å². The molecule has 1 aromatic rings. The molecule has 0 aliphatic carbocycles. The number of aryl methyl sites for hydroxylation is 1. The van der Waals surface area contributed by atoms with E-state index < -0.39 is 18.0 Å². The van der Waals surface area contributed by atoms with Crippen LogP contribution >= 0.6 is 0 Å². The summed E-state index contributed by atoms with van der Waals surface area (Å²) in [6.07, 6.45) is 0.547. The number of imide groups is 1. The van der Waals surface area contributed by atoms with Crippen molar-refractivity contribution in [2.45, 2.75) is 33.2 Å². The number of rotatable bonds is 5. The van der Waals surface area contributed by atoms with E-state index in [1.165, 1.54) is 0 Å². The second-order valence-electron chi connectivity index (χ2n) is 5.43. The second-order valence-corrected chi connectivity index (χ2v) is 5.43. The third-order valence-corrected chi connectivity index (χ3v) is 3.01. The van der Waals surface area contributed by atoms with Crippen molar-refractivity contribution in [1.29, 1.82) is 0 Å². The molecule has 1 aromatic heterocycles. The van der Waals surface area contributed by atoms with E-state index in [-0.39, 0.29) is 24.2 Å². The van der Waals surface area contributed by atoms with E-state index in [0.29, 0.717) is 12.2 Å². The lowest BCUT2D eigenvalue weighted by molar-refractivity contribution is -0.131. The van der Waals surface area contributed by atoms with Gasteiger partial charge in [0.25, 0.3) is 5.91 Å². The average molecular weight is 294 g/mol. The van der Waals surface area contributed by atoms with Crippen molar-refractivity contribution in [3.05, 3.63) is 11.8 Å². The van der Waals surface area contributed by atoms with Gasteiger partial charge in [0.15, 0.2) is 5.82 Å². The van der Waals surface area contributed by atoms with Crippen LogP contribution in [0.1, 0.15) is 26.0 Å². The minimum atomic E-state index is -0.556. The van der Waals surface area contributed by atoms with Crippen LogP contribution in [0.25, 0.3) is 0 Å². The molecule has 1 fully saturated rings. The number of aromatic nitrogens is 1. The third-order valence-electron chi connectivity index (χ3n) is 3.01. The molecule has 1 atom stereocenters. The van der Waals surface area contributed by atoms with E-state index in [0.717, 1.165) is 4.90 Å². The van der Waals surface area contributed by atoms with E-state index in [2.05, 4.69) is 15.8 Å². The monoisotopic (exact) mass is 294 g/mol. The van der Waals surface area contributed by atoms with E-state index in [4.69, 9.17) is 4.52 Å². The lowest BCUT2D eigenvalue weighted by atomic mass is 10.0. The predicted molar refractivity (Wildman–Crippen MR) is 73.4 cm³/mol. The van der Waals surface area contributed by atoms with Crippen molar-refractivity contribution in [2.75, 3.05) is 11.9 Å². The fraction of sp³-hybridized carbons (Fsp3) is 0.538. The van der Waals surface area contributed by atoms with Gasteiger partial charge in [-0.1, -0.05) is 19.0 Å². The molecule has 0 spiro atoms. The molecule has 21 heavy (non-hydrogen) atoms. The van der Waals surface area contributed by atoms with Gasteiger partial charge in [-0.2, -0.15) is 0 Å². The summed E-state index contributed by atoms with van der Waals surface area (Å²) in [4.78, 5) is 36.6. The number of amides is 4. The largest absolute Gasteiger partial charge is 0.360 e. The van der Waals surface area contributed by atoms with Crippen LogP contribution < -0.4 is 10.6 Å². The molecule has 0 saturated carbocycles. The maximum absolute atomic E-state index is 12.1. The molecule has 114 valence electrons. The summed E-state index contributed by atoms with van der Waals surface area (Å²) in [5, 5.41) is 8.66. The number of carbonyl (C=O) groups excluding carboxylic acids is 3. The lowest BCUT2D eigenvalue weighted by Gasteiger charge is -2.13. The Balaban J connectivity index is 1.94. The van der Waals surface area contributed by atoms with E-state index >= 15 is 0 Å². The first kappa shape index (κ1) is 15.0. The molecule has 8 heteroatoms. The molecule has 4 amide bonds. The first-order chi connectivity index (χ1) is 9.86. The quantitative estimate of drug-likeness (QED) is 0.785. The minimum Gasteiger partial charge on any atom is -0.360 e. The van der Waals surface area contributed by atoms with Crippen LogP contribution in [0.4, 0.5) is 10.6 Å². The molecule has 0 unspecified atom stereocenters. The summed E-state index contributed by atoms with van der Waals surface area (Å²) >= 11 is 0. The molecule has 1 saturated heterocycles. The Labute approximate surface area is 121 Å². The van der Waals surface area contributed by atoms with Crippen molar-refractivity contribution in [3.8, 4) is 0 Å². The van der Waals surface area contributed by atoms with E-state index in [1.54, 1.807) is 13.0 Å². The van der Waals surface area contributed by atoms with Crippen molar-refractivity contribution in [3.63, 3.8) is 0 Å². The van der Waals surface area contributed by atoms with Crippen LogP contribution in [0, 0.1) is 12.8 Å². The zero-order chi connectivity index (χ0) is 15.6. The SMILES string of the molecule is Cc1cc(NC(=O)CN2C(=O)N[C@H](CC(C)C)C2=O)no1. The molecular weight excluding hydrogens is 276 g/mol. The van der Waals surface area contributed by atoms with Gasteiger partial charge in [-0.05, 0) is 19.3 Å². The number of anilines is 1. The fourth-order valence-electron chi connectivity index (χ4n) is 2.11. The Morgan fingerprint density at radius 2 is 2.24 bits per heavy atom. The maximum atomic E-state index is 12.1. The second kappa shape index (κ2) is 5.94. The van der Waals surface area contributed by atoms with Gasteiger partial charge in [0.2, 0.25) is 5.91 Å². The fourth-order valence-corrected chi connectivity index (χ4v) is 2.11. The lowest BCUT2D eigenvalue weighted by Crippen LogP contribution is -2.38. The zero-order valence-electron chi connectivity index (χ0n) is 12.2. The van der Waals surface area contributed by atoms with Crippen LogP contribution in [0.15, 0.2) is 10.6 Å². The molecule has 0 aromatic carbocycles. The minimum absolute atomic E-state index is 0.253. The average Bonchev–Trinajstić information content (AvgIpc) is 2.88. The van der Waals surface area contributed by atoms with Gasteiger partial charge in [0, 0.05) is 6.07 Å². The van der Waals surface area contributed by atoms with Crippen LogP contribution in [0.3, 0.4) is 0 Å². The first-order valence-corrected chi connectivity index (χ1v) is 6.72. The summed E-state index contributed by atoms with van der Waals surface area (Å²) in [5.41, 5.74) is 0. The Hall–Kier alpha value is -2.38. The van der Waals surface area contributed by atoms with Crippen molar-refractivity contribution >= 4 is 23.7 Å². The van der Waals surface area contributed by atoms with Gasteiger partial charge in [0.1, 0.15) is 18.3 Å². The highest BCUT2D eigenvalue weighted by Gasteiger charge is 2.39. The molecule has 8 nitrogen and oxygen atoms in total. The zero-order valence-corrected chi connectivity index (χ0v) is 12.2. The molecular formula is C13H18N4O4. The Kier molecular flexibility index (Phi) is 4.25. The number of nitrogens with one attached hydrogen (secondary N) is 2. The standard InChI is InChI=1S/C13H18N4O4/c1-7(2)4-9-12(19)17(13(20)14-9)6-11(18)15-10-5-8(3)21-16-10/h5,7,9H,4,6H2,1-3H3,(H,14,20)(H,15,16,18)/t9-/m1/s1. The Morgan fingerprint density at radius 1 is 1.52 bits per heavy atom. The topological polar surface area (TPSA) is 105 Å². The summed E-state index contributed by atoms with van der Waals surface area (Å²) in [7, 11) is 0. The third kappa shape index (κ3) is 3.59. The molecule has 2 N–H and O–H groups in total. The van der Waals surface area contributed by atoms with Crippen LogP contribution in [0.5, 0.6) is 0 Å². The van der Waals surface area contributed by atoms with Gasteiger partial charge in [0.05, 0.1) is 0 Å². The number of carbonyl (C=O) groups is 3. The molecule has 0 radical (unpaired) electrons. The first-order valence-electron chi connectivity index (χ1n) is 6.72. The summed E-state index contributed by atoms with van der Waals surface area (Å²) in [6, 6.07) is 0.447. The van der Waals surface area contributed by atoms with Gasteiger partial charge < -0.3 is 15.2 Å². The highest BCUT2D eigenvalue weighted by Crippen LogP contribution is 2.14. The highest BCUT2D eigenvalue weighted by molar-refractivity contribution is 6.07. The molecule has 2 rings (SSSR count). The Morgan fingerprint density at radius 3 is 2.81 bits per heavy atom.